The van der Waals surface area contributed by atoms with E-state index in [-0.39, 0.29) is 5.91 Å². The van der Waals surface area contributed by atoms with Crippen molar-refractivity contribution >= 4 is 28.9 Å². The zero-order valence-corrected chi connectivity index (χ0v) is 18.0. The van der Waals surface area contributed by atoms with E-state index in [1.54, 1.807) is 14.2 Å². The van der Waals surface area contributed by atoms with E-state index in [2.05, 4.69) is 16.0 Å². The molecule has 2 aromatic carbocycles. The van der Waals surface area contributed by atoms with Crippen LogP contribution in [0.3, 0.4) is 0 Å². The fourth-order valence-electron chi connectivity index (χ4n) is 3.43. The molecule has 0 aromatic heterocycles. The predicted molar refractivity (Wildman–Crippen MR) is 118 cm³/mol. The van der Waals surface area contributed by atoms with Crippen LogP contribution in [0.4, 0.5) is 5.69 Å². The number of aryl methyl sites for hydroxylation is 2. The molecular weight excluding hydrogens is 386 g/mol. The predicted octanol–water partition coefficient (Wildman–Crippen LogP) is 3.75. The van der Waals surface area contributed by atoms with Crippen molar-refractivity contribution in [2.45, 2.75) is 26.8 Å². The number of thiocarbonyl (C=S) groups is 1. The van der Waals surface area contributed by atoms with E-state index in [0.29, 0.717) is 27.9 Å². The summed E-state index contributed by atoms with van der Waals surface area (Å²) < 4.78 is 11.0. The minimum Gasteiger partial charge on any atom is -0.493 e. The fraction of sp³-hybridized carbons (Fsp3) is 0.273. The van der Waals surface area contributed by atoms with Crippen LogP contribution in [0.5, 0.6) is 11.5 Å². The highest BCUT2D eigenvalue weighted by Gasteiger charge is 2.32. The second kappa shape index (κ2) is 8.53. The van der Waals surface area contributed by atoms with Crippen LogP contribution in [0.25, 0.3) is 0 Å². The van der Waals surface area contributed by atoms with Crippen LogP contribution in [0.2, 0.25) is 0 Å². The average molecular weight is 412 g/mol. The maximum atomic E-state index is 13.3. The van der Waals surface area contributed by atoms with Crippen molar-refractivity contribution in [3.63, 3.8) is 0 Å². The van der Waals surface area contributed by atoms with Crippen molar-refractivity contribution in [3.05, 3.63) is 64.4 Å². The molecule has 6 nitrogen and oxygen atoms in total. The summed E-state index contributed by atoms with van der Waals surface area (Å²) in [7, 11) is 3.16. The van der Waals surface area contributed by atoms with Crippen LogP contribution in [0.15, 0.2) is 47.7 Å². The van der Waals surface area contributed by atoms with Crippen molar-refractivity contribution in [2.24, 2.45) is 0 Å². The van der Waals surface area contributed by atoms with Gasteiger partial charge in [0.15, 0.2) is 16.6 Å². The van der Waals surface area contributed by atoms with Gasteiger partial charge >= 0.3 is 0 Å². The second-order valence-electron chi connectivity index (χ2n) is 6.93. The van der Waals surface area contributed by atoms with Gasteiger partial charge in [-0.15, -0.1) is 0 Å². The maximum absolute atomic E-state index is 13.3. The van der Waals surface area contributed by atoms with Gasteiger partial charge in [0, 0.05) is 16.9 Å². The molecule has 3 rings (SSSR count). The summed E-state index contributed by atoms with van der Waals surface area (Å²) >= 11 is 5.35. The second-order valence-corrected chi connectivity index (χ2v) is 7.33. The van der Waals surface area contributed by atoms with Crippen molar-refractivity contribution in [1.29, 1.82) is 0 Å². The van der Waals surface area contributed by atoms with Crippen molar-refractivity contribution in [1.82, 2.24) is 10.6 Å². The highest BCUT2D eigenvalue weighted by atomic mass is 32.1. The van der Waals surface area contributed by atoms with Crippen molar-refractivity contribution in [3.8, 4) is 11.5 Å². The quantitative estimate of drug-likeness (QED) is 0.651. The fourth-order valence-corrected chi connectivity index (χ4v) is 3.70. The third kappa shape index (κ3) is 4.19. The molecule has 3 N–H and O–H groups in total. The summed E-state index contributed by atoms with van der Waals surface area (Å²) in [5.74, 6) is 0.929. The summed E-state index contributed by atoms with van der Waals surface area (Å²) in [4.78, 5) is 13.3. The van der Waals surface area contributed by atoms with Gasteiger partial charge in [0.1, 0.15) is 0 Å². The van der Waals surface area contributed by atoms with Gasteiger partial charge in [-0.05, 0) is 56.2 Å². The van der Waals surface area contributed by atoms with E-state index in [1.165, 1.54) is 0 Å². The van der Waals surface area contributed by atoms with Crippen molar-refractivity contribution in [2.75, 3.05) is 19.5 Å². The number of methoxy groups -OCH3 is 2. The molecule has 0 fully saturated rings. The van der Waals surface area contributed by atoms with Gasteiger partial charge in [-0.3, -0.25) is 4.79 Å². The van der Waals surface area contributed by atoms with Gasteiger partial charge in [-0.2, -0.15) is 0 Å². The molecule has 0 aliphatic carbocycles. The number of anilines is 1. The number of carbonyl (C=O) groups excluding carboxylic acids is 1. The molecule has 1 unspecified atom stereocenters. The zero-order chi connectivity index (χ0) is 21.1. The third-order valence-corrected chi connectivity index (χ3v) is 5.12. The summed E-state index contributed by atoms with van der Waals surface area (Å²) in [6, 6.07) is 11.0. The number of amides is 1. The van der Waals surface area contributed by atoms with Crippen LogP contribution in [0, 0.1) is 13.8 Å². The van der Waals surface area contributed by atoms with E-state index < -0.39 is 6.04 Å². The molecule has 0 bridgehead atoms. The molecule has 0 saturated heterocycles. The zero-order valence-electron chi connectivity index (χ0n) is 17.2. The standard InChI is InChI=1S/C22H25N3O3S/c1-12-9-10-13(2)16(11-12)24-21(26)18-14(3)23-22(29)25-19(18)15-7-6-8-17(27-4)20(15)28-5/h6-11,19H,1-5H3,(H,24,26)(H2,23,25,29). The Bertz CT molecular complexity index is 1000. The van der Waals surface area contributed by atoms with Gasteiger partial charge < -0.3 is 25.4 Å². The Morgan fingerprint density at radius 2 is 1.86 bits per heavy atom. The van der Waals surface area contributed by atoms with Gasteiger partial charge in [-0.25, -0.2) is 0 Å². The molecule has 2 aromatic rings. The lowest BCUT2D eigenvalue weighted by atomic mass is 9.93. The van der Waals surface area contributed by atoms with Gasteiger partial charge in [0.05, 0.1) is 25.8 Å². The Morgan fingerprint density at radius 3 is 2.55 bits per heavy atom. The minimum atomic E-state index is -0.487. The number of nitrogens with one attached hydrogen (secondary N) is 3. The Labute approximate surface area is 176 Å². The number of allylic oxidation sites excluding steroid dienone is 1. The Kier molecular flexibility index (Phi) is 6.08. The number of hydrogen-bond donors (Lipinski definition) is 3. The van der Waals surface area contributed by atoms with Gasteiger partial charge in [0.25, 0.3) is 5.91 Å². The van der Waals surface area contributed by atoms with Gasteiger partial charge in [0.2, 0.25) is 0 Å². The Hall–Kier alpha value is -3.06. The lowest BCUT2D eigenvalue weighted by molar-refractivity contribution is -0.113. The van der Waals surface area contributed by atoms with E-state index in [4.69, 9.17) is 21.7 Å². The van der Waals surface area contributed by atoms with Gasteiger partial charge in [-0.1, -0.05) is 24.3 Å². The summed E-state index contributed by atoms with van der Waals surface area (Å²) in [6.45, 7) is 5.79. The first kappa shape index (κ1) is 20.7. The molecular formula is C22H25N3O3S. The Balaban J connectivity index is 2.05. The summed E-state index contributed by atoms with van der Waals surface area (Å²) in [5.41, 5.74) is 4.83. The molecule has 0 saturated carbocycles. The lowest BCUT2D eigenvalue weighted by Gasteiger charge is -2.31. The molecule has 152 valence electrons. The van der Waals surface area contributed by atoms with E-state index in [9.17, 15) is 4.79 Å². The van der Waals surface area contributed by atoms with Crippen LogP contribution < -0.4 is 25.4 Å². The minimum absolute atomic E-state index is 0.214. The number of hydrogen-bond acceptors (Lipinski definition) is 4. The first-order chi connectivity index (χ1) is 13.8. The van der Waals surface area contributed by atoms with Crippen LogP contribution in [-0.2, 0) is 4.79 Å². The molecule has 0 radical (unpaired) electrons. The van der Waals surface area contributed by atoms with Crippen LogP contribution >= 0.6 is 12.2 Å². The van der Waals surface area contributed by atoms with Crippen LogP contribution in [-0.4, -0.2) is 25.2 Å². The maximum Gasteiger partial charge on any atom is 0.255 e. The first-order valence-corrected chi connectivity index (χ1v) is 9.64. The molecule has 1 amide bonds. The van der Waals surface area contributed by atoms with E-state index >= 15 is 0 Å². The molecule has 1 aliphatic heterocycles. The van der Waals surface area contributed by atoms with Crippen LogP contribution in [0.1, 0.15) is 29.7 Å². The monoisotopic (exact) mass is 411 g/mol. The Morgan fingerprint density at radius 1 is 1.10 bits per heavy atom. The smallest absolute Gasteiger partial charge is 0.255 e. The number of para-hydroxylation sites is 1. The topological polar surface area (TPSA) is 71.6 Å². The first-order valence-electron chi connectivity index (χ1n) is 9.23. The average Bonchev–Trinajstić information content (AvgIpc) is 2.69. The SMILES string of the molecule is COc1cccc(C2NC(=S)NC(C)=C2C(=O)Nc2cc(C)ccc2C)c1OC. The molecule has 1 heterocycles. The van der Waals surface area contributed by atoms with E-state index in [0.717, 1.165) is 22.4 Å². The largest absolute Gasteiger partial charge is 0.493 e. The van der Waals surface area contributed by atoms with E-state index in [1.807, 2.05) is 57.2 Å². The summed E-state index contributed by atoms with van der Waals surface area (Å²) in [5, 5.41) is 9.74. The third-order valence-electron chi connectivity index (χ3n) is 4.90. The molecule has 7 heteroatoms. The molecule has 0 spiro atoms. The summed E-state index contributed by atoms with van der Waals surface area (Å²) in [6.07, 6.45) is 0. The number of carbonyl (C=O) groups is 1. The number of benzene rings is 2. The normalized spacial score (nSPS) is 16.0. The molecule has 29 heavy (non-hydrogen) atoms. The van der Waals surface area contributed by atoms with Crippen molar-refractivity contribution < 1.29 is 14.3 Å². The highest BCUT2D eigenvalue weighted by Crippen LogP contribution is 2.39. The number of ether oxygens (including phenoxy) is 2. The lowest BCUT2D eigenvalue weighted by Crippen LogP contribution is -2.45. The number of rotatable bonds is 5. The molecule has 1 atom stereocenters. The highest BCUT2D eigenvalue weighted by molar-refractivity contribution is 7.80. The molecule has 1 aliphatic rings.